The van der Waals surface area contributed by atoms with E-state index in [1.165, 1.54) is 22.4 Å². The number of amides is 1. The second-order valence-corrected chi connectivity index (χ2v) is 12.8. The van der Waals surface area contributed by atoms with Crippen molar-refractivity contribution >= 4 is 22.4 Å². The predicted octanol–water partition coefficient (Wildman–Crippen LogP) is 1.01. The second-order valence-electron chi connectivity index (χ2n) is 11.7. The minimum atomic E-state index is -1.73. The van der Waals surface area contributed by atoms with Crippen molar-refractivity contribution in [1.29, 1.82) is 0 Å². The number of hydrogen-bond donors (Lipinski definition) is 4. The van der Waals surface area contributed by atoms with Crippen LogP contribution in [0, 0.1) is 17.5 Å². The molecule has 2 aromatic heterocycles. The molecule has 6 rings (SSSR count). The molecular formula is C29H35F3N6O7S. The Balaban J connectivity index is 1.28. The van der Waals surface area contributed by atoms with Crippen LogP contribution in [0.3, 0.4) is 0 Å². The zero-order valence-electron chi connectivity index (χ0n) is 24.7. The van der Waals surface area contributed by atoms with Gasteiger partial charge in [-0.25, -0.2) is 22.8 Å². The Morgan fingerprint density at radius 3 is 2.48 bits per heavy atom. The Kier molecular flexibility index (Phi) is 9.88. The van der Waals surface area contributed by atoms with Crippen molar-refractivity contribution in [3.63, 3.8) is 0 Å². The first kappa shape index (κ1) is 32.7. The fourth-order valence-electron chi connectivity index (χ4n) is 6.29. The van der Waals surface area contributed by atoms with E-state index in [4.69, 9.17) is 9.47 Å². The van der Waals surface area contributed by atoms with Crippen LogP contribution in [0.2, 0.25) is 0 Å². The number of thiazole rings is 1. The van der Waals surface area contributed by atoms with Crippen LogP contribution in [0.4, 0.5) is 18.3 Å². The number of aliphatic hydroxyl groups is 4. The normalized spacial score (nSPS) is 28.8. The third-order valence-corrected chi connectivity index (χ3v) is 9.80. The molecule has 2 saturated heterocycles. The Morgan fingerprint density at radius 2 is 1.78 bits per heavy atom. The number of halogens is 3. The van der Waals surface area contributed by atoms with E-state index in [9.17, 15) is 38.4 Å². The number of carbonyl (C=O) groups excluding carboxylic acids is 1. The molecule has 0 bridgehead atoms. The Morgan fingerprint density at radius 1 is 1.07 bits per heavy atom. The Bertz CT molecular complexity index is 1500. The van der Waals surface area contributed by atoms with Crippen LogP contribution in [0.1, 0.15) is 36.6 Å². The highest BCUT2D eigenvalue weighted by molar-refractivity contribution is 7.15. The topological polar surface area (TPSA) is 167 Å². The lowest BCUT2D eigenvalue weighted by atomic mass is 9.88. The molecule has 1 aliphatic carbocycles. The van der Waals surface area contributed by atoms with Crippen LogP contribution in [0.5, 0.6) is 0 Å². The maximum atomic E-state index is 14.3. The summed E-state index contributed by atoms with van der Waals surface area (Å²) < 4.78 is 53.5. The summed E-state index contributed by atoms with van der Waals surface area (Å²) in [6, 6.07) is -0.524. The highest BCUT2D eigenvalue weighted by atomic mass is 32.1. The fourth-order valence-corrected chi connectivity index (χ4v) is 7.25. The fraction of sp³-hybridized carbons (Fsp3) is 0.586. The van der Waals surface area contributed by atoms with Crippen LogP contribution in [-0.2, 0) is 20.8 Å². The van der Waals surface area contributed by atoms with Gasteiger partial charge in [-0.1, -0.05) is 18.1 Å². The summed E-state index contributed by atoms with van der Waals surface area (Å²) in [4.78, 5) is 23.1. The van der Waals surface area contributed by atoms with E-state index >= 15 is 0 Å². The number of carbonyl (C=O) groups is 1. The van der Waals surface area contributed by atoms with E-state index < -0.39 is 72.6 Å². The molecule has 0 spiro atoms. The summed E-state index contributed by atoms with van der Waals surface area (Å²) in [6.45, 7) is 1.87. The molecule has 3 aliphatic rings. The molecule has 3 aromatic rings. The molecule has 7 atom stereocenters. The van der Waals surface area contributed by atoms with Crippen molar-refractivity contribution in [2.45, 2.75) is 74.8 Å². The van der Waals surface area contributed by atoms with Gasteiger partial charge in [-0.05, 0) is 25.0 Å². The van der Waals surface area contributed by atoms with E-state index in [-0.39, 0.29) is 17.8 Å². The molecule has 0 radical (unpaired) electrons. The van der Waals surface area contributed by atoms with Gasteiger partial charge in [0.25, 0.3) is 5.91 Å². The lowest BCUT2D eigenvalue weighted by Gasteiger charge is -2.45. The zero-order chi connectivity index (χ0) is 32.5. The van der Waals surface area contributed by atoms with Crippen molar-refractivity contribution in [2.75, 3.05) is 37.8 Å². The Hall–Kier alpha value is -3.19. The van der Waals surface area contributed by atoms with Crippen LogP contribution in [0.25, 0.3) is 11.3 Å². The lowest BCUT2D eigenvalue weighted by molar-refractivity contribution is -0.214. The number of aliphatic hydroxyl groups excluding tert-OH is 4. The average Bonchev–Trinajstić information content (AvgIpc) is 3.74. The average molecular weight is 669 g/mol. The molecule has 17 heteroatoms. The predicted molar refractivity (Wildman–Crippen MR) is 156 cm³/mol. The number of anilines is 1. The Labute approximate surface area is 265 Å². The van der Waals surface area contributed by atoms with Crippen molar-refractivity contribution in [3.05, 3.63) is 46.9 Å². The number of benzene rings is 1. The SMILES string of the molecule is O=C([C@@H]1O[C@H](CO)[C@H](O)[C@H](n2cc(-c3cc(F)c(F)c(F)c3)nn2)[C@H]1O)N(Cc1cnc(N2CCOCC2)s1)[C@H]1CCCC[C@@H]1O. The van der Waals surface area contributed by atoms with Crippen LogP contribution in [0.15, 0.2) is 24.5 Å². The van der Waals surface area contributed by atoms with Gasteiger partial charge in [0.15, 0.2) is 28.7 Å². The molecule has 4 heterocycles. The molecule has 4 N–H and O–H groups in total. The maximum absolute atomic E-state index is 14.3. The number of morpholine rings is 1. The quantitative estimate of drug-likeness (QED) is 0.253. The number of rotatable bonds is 8. The highest BCUT2D eigenvalue weighted by Gasteiger charge is 2.51. The summed E-state index contributed by atoms with van der Waals surface area (Å²) in [6.07, 6.45) is -1.65. The third kappa shape index (κ3) is 6.49. The molecule has 46 heavy (non-hydrogen) atoms. The van der Waals surface area contributed by atoms with E-state index in [2.05, 4.69) is 20.2 Å². The molecule has 1 aromatic carbocycles. The van der Waals surface area contributed by atoms with Crippen LogP contribution in [-0.4, -0.2) is 121 Å². The van der Waals surface area contributed by atoms with E-state index in [0.29, 0.717) is 39.1 Å². The van der Waals surface area contributed by atoms with Crippen LogP contribution < -0.4 is 4.90 Å². The van der Waals surface area contributed by atoms with Gasteiger partial charge < -0.3 is 39.7 Å². The molecule has 13 nitrogen and oxygen atoms in total. The largest absolute Gasteiger partial charge is 0.394 e. The van der Waals surface area contributed by atoms with Gasteiger partial charge in [-0.2, -0.15) is 0 Å². The monoisotopic (exact) mass is 668 g/mol. The molecule has 3 fully saturated rings. The summed E-state index contributed by atoms with van der Waals surface area (Å²) in [5.74, 6) is -5.20. The van der Waals surface area contributed by atoms with Gasteiger partial charge in [-0.15, -0.1) is 16.4 Å². The first-order valence-electron chi connectivity index (χ1n) is 15.1. The van der Waals surface area contributed by atoms with Gasteiger partial charge >= 0.3 is 0 Å². The number of hydrogen-bond acceptors (Lipinski definition) is 12. The van der Waals surface area contributed by atoms with Gasteiger partial charge in [0.1, 0.15) is 30.0 Å². The van der Waals surface area contributed by atoms with E-state index in [1.54, 1.807) is 6.20 Å². The summed E-state index contributed by atoms with van der Waals surface area (Å²) in [7, 11) is 0. The van der Waals surface area contributed by atoms with Crippen LogP contribution >= 0.6 is 11.3 Å². The minimum Gasteiger partial charge on any atom is -0.394 e. The van der Waals surface area contributed by atoms with Gasteiger partial charge in [0.05, 0.1) is 44.7 Å². The summed E-state index contributed by atoms with van der Waals surface area (Å²) >= 11 is 1.41. The number of aromatic nitrogens is 4. The van der Waals surface area contributed by atoms with Gasteiger partial charge in [-0.3, -0.25) is 4.79 Å². The summed E-state index contributed by atoms with van der Waals surface area (Å²) in [5, 5.41) is 52.2. The van der Waals surface area contributed by atoms with Gasteiger partial charge in [0, 0.05) is 29.7 Å². The van der Waals surface area contributed by atoms with E-state index in [0.717, 1.165) is 39.7 Å². The first-order valence-corrected chi connectivity index (χ1v) is 15.9. The smallest absolute Gasteiger partial charge is 0.255 e. The molecular weight excluding hydrogens is 633 g/mol. The highest BCUT2D eigenvalue weighted by Crippen LogP contribution is 2.35. The first-order chi connectivity index (χ1) is 22.2. The maximum Gasteiger partial charge on any atom is 0.255 e. The van der Waals surface area contributed by atoms with Crippen molar-refractivity contribution < 1.29 is 47.9 Å². The number of nitrogens with zero attached hydrogens (tertiary/aromatic N) is 6. The van der Waals surface area contributed by atoms with Crippen molar-refractivity contribution in [1.82, 2.24) is 24.9 Å². The molecule has 250 valence electrons. The molecule has 2 aliphatic heterocycles. The van der Waals surface area contributed by atoms with Gasteiger partial charge in [0.2, 0.25) is 0 Å². The molecule has 0 unspecified atom stereocenters. The third-order valence-electron chi connectivity index (χ3n) is 8.76. The van der Waals surface area contributed by atoms with E-state index in [1.807, 2.05) is 0 Å². The molecule has 1 saturated carbocycles. The zero-order valence-corrected chi connectivity index (χ0v) is 25.5. The summed E-state index contributed by atoms with van der Waals surface area (Å²) in [5.41, 5.74) is -0.246. The van der Waals surface area contributed by atoms with Crippen molar-refractivity contribution in [3.8, 4) is 11.3 Å². The second kappa shape index (κ2) is 13.9. The van der Waals surface area contributed by atoms with Crippen molar-refractivity contribution in [2.24, 2.45) is 0 Å². The molecule has 1 amide bonds. The number of ether oxygens (including phenoxy) is 2. The standard InChI is InChI=1S/C29H35F3N6O7S/c30-17-9-15(10-18(31)23(17)32)19-13-38(35-34-19)24-25(41)22(14-39)45-27(26(24)42)28(43)37(20-3-1-2-4-21(20)40)12-16-11-33-29(46-16)36-5-7-44-8-6-36/h9-11,13,20-22,24-27,39-42H,1-8,12,14H2/t20-,21-,22+,24-,25-,26+,27+/m0/s1. The minimum absolute atomic E-state index is 0.0708. The lowest BCUT2D eigenvalue weighted by Crippen LogP contribution is -2.62.